The van der Waals surface area contributed by atoms with Gasteiger partial charge in [0.1, 0.15) is 11.6 Å². The summed E-state index contributed by atoms with van der Waals surface area (Å²) in [6.07, 6.45) is 3.40. The zero-order valence-electron chi connectivity index (χ0n) is 17.1. The van der Waals surface area contributed by atoms with Crippen LogP contribution in [-0.2, 0) is 11.3 Å². The lowest BCUT2D eigenvalue weighted by Crippen LogP contribution is -2.40. The lowest BCUT2D eigenvalue weighted by atomic mass is 10.0. The predicted octanol–water partition coefficient (Wildman–Crippen LogP) is 3.49. The number of anilines is 1. The van der Waals surface area contributed by atoms with E-state index in [1.54, 1.807) is 24.3 Å². The molecule has 2 N–H and O–H groups in total. The van der Waals surface area contributed by atoms with Crippen molar-refractivity contribution in [1.29, 1.82) is 5.26 Å². The van der Waals surface area contributed by atoms with Gasteiger partial charge in [-0.15, -0.1) is 0 Å². The van der Waals surface area contributed by atoms with Gasteiger partial charge in [-0.3, -0.25) is 14.5 Å². The minimum atomic E-state index is -0.493. The van der Waals surface area contributed by atoms with E-state index in [0.717, 1.165) is 32.5 Å². The fourth-order valence-corrected chi connectivity index (χ4v) is 3.46. The van der Waals surface area contributed by atoms with Crippen molar-refractivity contribution in [1.82, 2.24) is 10.2 Å². The Kier molecular flexibility index (Phi) is 7.36. The normalized spacial score (nSPS) is 15.3. The molecule has 0 radical (unpaired) electrons. The Morgan fingerprint density at radius 1 is 1.13 bits per heavy atom. The lowest BCUT2D eigenvalue weighted by Gasteiger charge is -2.32. The lowest BCUT2D eigenvalue weighted by molar-refractivity contribution is -0.112. The molecule has 0 aromatic heterocycles. The maximum atomic E-state index is 12.4. The summed E-state index contributed by atoms with van der Waals surface area (Å²) < 4.78 is 0. The van der Waals surface area contributed by atoms with Crippen LogP contribution >= 0.6 is 0 Å². The van der Waals surface area contributed by atoms with Gasteiger partial charge < -0.3 is 10.6 Å². The summed E-state index contributed by atoms with van der Waals surface area (Å²) in [6, 6.07) is 19.3. The molecule has 1 fully saturated rings. The molecule has 3 rings (SSSR count). The van der Waals surface area contributed by atoms with Crippen LogP contribution in [0.25, 0.3) is 0 Å². The molecule has 0 unspecified atom stereocenters. The summed E-state index contributed by atoms with van der Waals surface area (Å²) in [7, 11) is 0. The van der Waals surface area contributed by atoms with E-state index in [1.807, 2.05) is 12.1 Å². The number of carbonyl (C=O) groups is 2. The van der Waals surface area contributed by atoms with Gasteiger partial charge in [0.05, 0.1) is 0 Å². The number of hydrogen-bond donors (Lipinski definition) is 2. The van der Waals surface area contributed by atoms with Crippen LogP contribution in [-0.4, -0.2) is 35.7 Å². The standard InChI is InChI=1S/C24H26N4O2/c1-18(29)20-8-5-9-23(14-20)27-24(30)21(15-25)16-26-22-10-12-28(13-11-22)17-19-6-3-2-4-7-19/h2-9,14,16,22,26H,10-13,17H2,1H3,(H,27,30)/b21-16-. The number of hydrogen-bond acceptors (Lipinski definition) is 5. The first-order valence-electron chi connectivity index (χ1n) is 10.1. The van der Waals surface area contributed by atoms with Gasteiger partial charge in [-0.05, 0) is 37.5 Å². The number of nitriles is 1. The molecular weight excluding hydrogens is 376 g/mol. The van der Waals surface area contributed by atoms with Crippen molar-refractivity contribution in [3.8, 4) is 6.07 Å². The molecule has 154 valence electrons. The van der Waals surface area contributed by atoms with Gasteiger partial charge in [0, 0.05) is 43.1 Å². The van der Waals surface area contributed by atoms with E-state index in [9.17, 15) is 14.9 Å². The van der Waals surface area contributed by atoms with E-state index in [1.165, 1.54) is 18.7 Å². The third kappa shape index (κ3) is 6.03. The molecule has 6 nitrogen and oxygen atoms in total. The first-order chi connectivity index (χ1) is 14.5. The maximum Gasteiger partial charge on any atom is 0.267 e. The van der Waals surface area contributed by atoms with Gasteiger partial charge >= 0.3 is 0 Å². The topological polar surface area (TPSA) is 85.2 Å². The van der Waals surface area contributed by atoms with Crippen LogP contribution in [0.15, 0.2) is 66.4 Å². The van der Waals surface area contributed by atoms with Crippen LogP contribution in [0.2, 0.25) is 0 Å². The van der Waals surface area contributed by atoms with E-state index >= 15 is 0 Å². The predicted molar refractivity (Wildman–Crippen MR) is 117 cm³/mol. The Morgan fingerprint density at radius 3 is 2.53 bits per heavy atom. The summed E-state index contributed by atoms with van der Waals surface area (Å²) in [6.45, 7) is 4.34. The smallest absolute Gasteiger partial charge is 0.267 e. The highest BCUT2D eigenvalue weighted by Gasteiger charge is 2.19. The number of rotatable bonds is 7. The second-order valence-electron chi connectivity index (χ2n) is 7.46. The van der Waals surface area contributed by atoms with E-state index in [4.69, 9.17) is 0 Å². The van der Waals surface area contributed by atoms with Crippen LogP contribution in [0.5, 0.6) is 0 Å². The van der Waals surface area contributed by atoms with Crippen molar-refractivity contribution in [3.63, 3.8) is 0 Å². The zero-order chi connectivity index (χ0) is 21.3. The Bertz CT molecular complexity index is 955. The summed E-state index contributed by atoms with van der Waals surface area (Å²) >= 11 is 0. The molecule has 1 saturated heterocycles. The highest BCUT2D eigenvalue weighted by atomic mass is 16.1. The van der Waals surface area contributed by atoms with Crippen LogP contribution in [0, 0.1) is 11.3 Å². The minimum absolute atomic E-state index is 0.00921. The van der Waals surface area contributed by atoms with Crippen LogP contribution in [0.4, 0.5) is 5.69 Å². The Morgan fingerprint density at radius 2 is 1.87 bits per heavy atom. The molecule has 1 aliphatic heterocycles. The summed E-state index contributed by atoms with van der Waals surface area (Å²) in [5.74, 6) is -0.574. The van der Waals surface area contributed by atoms with E-state index in [0.29, 0.717) is 11.3 Å². The molecule has 1 heterocycles. The number of amides is 1. The monoisotopic (exact) mass is 402 g/mol. The number of piperidine rings is 1. The third-order valence-electron chi connectivity index (χ3n) is 5.19. The number of likely N-dealkylation sites (tertiary alicyclic amines) is 1. The van der Waals surface area contributed by atoms with Gasteiger partial charge in [0.2, 0.25) is 0 Å². The van der Waals surface area contributed by atoms with Crippen molar-refractivity contribution in [2.75, 3.05) is 18.4 Å². The second kappa shape index (κ2) is 10.4. The summed E-state index contributed by atoms with van der Waals surface area (Å²) in [5, 5.41) is 15.3. The number of benzene rings is 2. The van der Waals surface area contributed by atoms with Crippen molar-refractivity contribution in [3.05, 3.63) is 77.5 Å². The average molecular weight is 402 g/mol. The van der Waals surface area contributed by atoms with Crippen LogP contribution in [0.1, 0.15) is 35.7 Å². The van der Waals surface area contributed by atoms with Gasteiger partial charge in [-0.1, -0.05) is 42.5 Å². The average Bonchev–Trinajstić information content (AvgIpc) is 2.76. The van der Waals surface area contributed by atoms with Crippen molar-refractivity contribution < 1.29 is 9.59 Å². The number of carbonyl (C=O) groups excluding carboxylic acids is 2. The van der Waals surface area contributed by atoms with E-state index in [2.05, 4.69) is 39.8 Å². The molecule has 30 heavy (non-hydrogen) atoms. The summed E-state index contributed by atoms with van der Waals surface area (Å²) in [4.78, 5) is 26.3. The fraction of sp³-hybridized carbons (Fsp3) is 0.292. The molecular formula is C24H26N4O2. The highest BCUT2D eigenvalue weighted by molar-refractivity contribution is 6.07. The van der Waals surface area contributed by atoms with Crippen LogP contribution < -0.4 is 10.6 Å². The number of nitrogens with one attached hydrogen (secondary N) is 2. The molecule has 2 aromatic rings. The minimum Gasteiger partial charge on any atom is -0.387 e. The summed E-state index contributed by atoms with van der Waals surface area (Å²) in [5.41, 5.74) is 2.31. The maximum absolute atomic E-state index is 12.4. The van der Waals surface area contributed by atoms with E-state index < -0.39 is 5.91 Å². The first-order valence-corrected chi connectivity index (χ1v) is 10.1. The Labute approximate surface area is 177 Å². The molecule has 0 saturated carbocycles. The molecule has 0 atom stereocenters. The molecule has 0 spiro atoms. The quantitative estimate of drug-likeness (QED) is 0.421. The Balaban J connectivity index is 1.51. The molecule has 2 aromatic carbocycles. The van der Waals surface area contributed by atoms with Gasteiger partial charge in [0.25, 0.3) is 5.91 Å². The van der Waals surface area contributed by atoms with Gasteiger partial charge in [-0.2, -0.15) is 5.26 Å². The number of ketones is 1. The third-order valence-corrected chi connectivity index (χ3v) is 5.19. The Hall–Kier alpha value is -3.43. The van der Waals surface area contributed by atoms with Gasteiger partial charge in [-0.25, -0.2) is 0 Å². The van der Waals surface area contributed by atoms with Crippen molar-refractivity contribution in [2.24, 2.45) is 0 Å². The van der Waals surface area contributed by atoms with Crippen molar-refractivity contribution >= 4 is 17.4 Å². The fourth-order valence-electron chi connectivity index (χ4n) is 3.46. The highest BCUT2D eigenvalue weighted by Crippen LogP contribution is 2.15. The zero-order valence-corrected chi connectivity index (χ0v) is 17.1. The molecule has 6 heteroatoms. The number of nitrogens with zero attached hydrogens (tertiary/aromatic N) is 2. The first kappa shape index (κ1) is 21.3. The van der Waals surface area contributed by atoms with Crippen molar-refractivity contribution in [2.45, 2.75) is 32.4 Å². The SMILES string of the molecule is CC(=O)c1cccc(NC(=O)/C(C#N)=C\NC2CCN(Cc3ccccc3)CC2)c1. The van der Waals surface area contributed by atoms with Gasteiger partial charge in [0.15, 0.2) is 5.78 Å². The second-order valence-corrected chi connectivity index (χ2v) is 7.46. The van der Waals surface area contributed by atoms with E-state index in [-0.39, 0.29) is 17.4 Å². The van der Waals surface area contributed by atoms with Crippen LogP contribution in [0.3, 0.4) is 0 Å². The molecule has 1 amide bonds. The molecule has 0 bridgehead atoms. The molecule has 1 aliphatic rings. The largest absolute Gasteiger partial charge is 0.387 e. The molecule has 0 aliphatic carbocycles. The number of Topliss-reactive ketones (excluding diaryl/α,β-unsaturated/α-hetero) is 1.